The Balaban J connectivity index is 1.99. The van der Waals surface area contributed by atoms with Gasteiger partial charge in [-0.2, -0.15) is 0 Å². The van der Waals surface area contributed by atoms with Gasteiger partial charge in [0.05, 0.1) is 5.92 Å². The molecule has 1 saturated heterocycles. The number of hydrogen-bond acceptors (Lipinski definition) is 5. The maximum absolute atomic E-state index is 12.5. The van der Waals surface area contributed by atoms with E-state index in [2.05, 4.69) is 21.9 Å². The average molecular weight is 277 g/mol. The van der Waals surface area contributed by atoms with Gasteiger partial charge in [-0.3, -0.25) is 4.79 Å². The summed E-state index contributed by atoms with van der Waals surface area (Å²) >= 11 is 0. The summed E-state index contributed by atoms with van der Waals surface area (Å²) in [5.74, 6) is 0.690. The van der Waals surface area contributed by atoms with E-state index in [0.717, 1.165) is 37.7 Å². The Labute approximate surface area is 120 Å². The topological polar surface area (TPSA) is 75.3 Å². The molecule has 20 heavy (non-hydrogen) atoms. The van der Waals surface area contributed by atoms with Crippen LogP contribution in [0.2, 0.25) is 0 Å². The number of nitrogens with two attached hydrogens (primary N) is 1. The van der Waals surface area contributed by atoms with Crippen molar-refractivity contribution in [3.63, 3.8) is 0 Å². The molecule has 1 amide bonds. The van der Waals surface area contributed by atoms with Gasteiger partial charge in [0.25, 0.3) is 0 Å². The molecule has 2 rings (SSSR count). The van der Waals surface area contributed by atoms with E-state index >= 15 is 0 Å². The number of amides is 1. The number of piperazine rings is 1. The molecule has 110 valence electrons. The Morgan fingerprint density at radius 2 is 2.10 bits per heavy atom. The van der Waals surface area contributed by atoms with Crippen molar-refractivity contribution in [3.8, 4) is 0 Å². The highest BCUT2D eigenvalue weighted by Crippen LogP contribution is 2.11. The first kappa shape index (κ1) is 14.9. The molecule has 1 unspecified atom stereocenters. The second-order valence-electron chi connectivity index (χ2n) is 5.36. The minimum absolute atomic E-state index is 0.150. The maximum atomic E-state index is 12.5. The smallest absolute Gasteiger partial charge is 0.227 e. The van der Waals surface area contributed by atoms with E-state index in [0.29, 0.717) is 13.0 Å². The molecule has 1 aliphatic heterocycles. The van der Waals surface area contributed by atoms with E-state index in [-0.39, 0.29) is 11.8 Å². The highest BCUT2D eigenvalue weighted by Gasteiger charge is 2.26. The Hall–Kier alpha value is -1.53. The fourth-order valence-electron chi connectivity index (χ4n) is 2.43. The van der Waals surface area contributed by atoms with Gasteiger partial charge in [-0.05, 0) is 20.0 Å². The molecule has 0 radical (unpaired) electrons. The number of carbonyl (C=O) groups is 1. The van der Waals surface area contributed by atoms with Gasteiger partial charge in [-0.1, -0.05) is 0 Å². The molecule has 0 aromatic carbocycles. The summed E-state index contributed by atoms with van der Waals surface area (Å²) in [5, 5.41) is 0. The van der Waals surface area contributed by atoms with Gasteiger partial charge in [0.15, 0.2) is 0 Å². The van der Waals surface area contributed by atoms with Crippen molar-refractivity contribution in [1.29, 1.82) is 0 Å². The molecule has 0 bridgehead atoms. The molecule has 0 saturated carbocycles. The Morgan fingerprint density at radius 3 is 2.70 bits per heavy atom. The van der Waals surface area contributed by atoms with Crippen LogP contribution >= 0.6 is 0 Å². The van der Waals surface area contributed by atoms with E-state index in [1.807, 2.05) is 17.9 Å². The fraction of sp³-hybridized carbons (Fsp3) is 0.643. The highest BCUT2D eigenvalue weighted by molar-refractivity contribution is 5.79. The van der Waals surface area contributed by atoms with Crippen molar-refractivity contribution in [2.75, 3.05) is 39.8 Å². The van der Waals surface area contributed by atoms with Gasteiger partial charge in [0.1, 0.15) is 5.82 Å². The number of rotatable bonds is 4. The Kier molecular flexibility index (Phi) is 5.03. The van der Waals surface area contributed by atoms with Crippen LogP contribution in [0.25, 0.3) is 0 Å². The molecule has 2 heterocycles. The second kappa shape index (κ2) is 6.76. The van der Waals surface area contributed by atoms with E-state index in [9.17, 15) is 4.79 Å². The summed E-state index contributed by atoms with van der Waals surface area (Å²) < 4.78 is 0. The Bertz CT molecular complexity index is 457. The average Bonchev–Trinajstić information content (AvgIpc) is 2.45. The van der Waals surface area contributed by atoms with Crippen molar-refractivity contribution in [2.45, 2.75) is 13.3 Å². The lowest BCUT2D eigenvalue weighted by Gasteiger charge is -2.34. The summed E-state index contributed by atoms with van der Waals surface area (Å²) in [6.07, 6.45) is 2.32. The van der Waals surface area contributed by atoms with Crippen molar-refractivity contribution >= 4 is 5.91 Å². The summed E-state index contributed by atoms with van der Waals surface area (Å²) in [5.41, 5.74) is 6.68. The second-order valence-corrected chi connectivity index (χ2v) is 5.36. The van der Waals surface area contributed by atoms with Crippen LogP contribution in [-0.2, 0) is 11.2 Å². The largest absolute Gasteiger partial charge is 0.340 e. The van der Waals surface area contributed by atoms with Gasteiger partial charge in [-0.25, -0.2) is 9.97 Å². The van der Waals surface area contributed by atoms with Crippen LogP contribution < -0.4 is 5.73 Å². The van der Waals surface area contributed by atoms with E-state index in [1.54, 1.807) is 6.20 Å². The first-order chi connectivity index (χ1) is 9.60. The number of aromatic nitrogens is 2. The first-order valence-electron chi connectivity index (χ1n) is 7.06. The predicted octanol–water partition coefficient (Wildman–Crippen LogP) is -0.324. The number of hydrogen-bond donors (Lipinski definition) is 1. The van der Waals surface area contributed by atoms with Crippen molar-refractivity contribution < 1.29 is 4.79 Å². The van der Waals surface area contributed by atoms with Crippen molar-refractivity contribution in [2.24, 2.45) is 11.7 Å². The minimum Gasteiger partial charge on any atom is -0.340 e. The molecule has 0 spiro atoms. The third-order valence-corrected chi connectivity index (χ3v) is 3.74. The first-order valence-corrected chi connectivity index (χ1v) is 7.06. The minimum atomic E-state index is -0.187. The fourth-order valence-corrected chi connectivity index (χ4v) is 2.43. The lowest BCUT2D eigenvalue weighted by Crippen LogP contribution is -2.50. The molecule has 2 N–H and O–H groups in total. The zero-order chi connectivity index (χ0) is 14.5. The molecule has 6 nitrogen and oxygen atoms in total. The number of likely N-dealkylation sites (N-methyl/N-ethyl adjacent to an activating group) is 1. The molecular formula is C14H23N5O. The number of aryl methyl sites for hydroxylation is 1. The van der Waals surface area contributed by atoms with Gasteiger partial charge < -0.3 is 15.5 Å². The molecule has 1 fully saturated rings. The monoisotopic (exact) mass is 277 g/mol. The zero-order valence-corrected chi connectivity index (χ0v) is 12.2. The highest BCUT2D eigenvalue weighted by atomic mass is 16.2. The zero-order valence-electron chi connectivity index (χ0n) is 12.2. The van der Waals surface area contributed by atoms with Gasteiger partial charge >= 0.3 is 0 Å². The molecular weight excluding hydrogens is 254 g/mol. The van der Waals surface area contributed by atoms with E-state index in [4.69, 9.17) is 5.73 Å². The lowest BCUT2D eigenvalue weighted by molar-refractivity contribution is -0.136. The van der Waals surface area contributed by atoms with Crippen LogP contribution in [0.1, 0.15) is 11.5 Å². The van der Waals surface area contributed by atoms with Crippen LogP contribution in [-0.4, -0.2) is 65.4 Å². The van der Waals surface area contributed by atoms with Gasteiger partial charge in [0.2, 0.25) is 5.91 Å². The standard InChI is InChI=1S/C14H23N5O/c1-11-16-4-3-13(17-11)9-12(10-15)14(20)19-7-5-18(2)6-8-19/h3-4,12H,5-10,15H2,1-2H3. The third kappa shape index (κ3) is 3.74. The van der Waals surface area contributed by atoms with Crippen molar-refractivity contribution in [1.82, 2.24) is 19.8 Å². The number of nitrogens with zero attached hydrogens (tertiary/aromatic N) is 4. The summed E-state index contributed by atoms with van der Waals surface area (Å²) in [7, 11) is 2.08. The normalized spacial score (nSPS) is 18.1. The predicted molar refractivity (Wildman–Crippen MR) is 77.1 cm³/mol. The van der Waals surface area contributed by atoms with Crippen LogP contribution in [0.4, 0.5) is 0 Å². The van der Waals surface area contributed by atoms with Gasteiger partial charge in [0, 0.05) is 51.0 Å². The Morgan fingerprint density at radius 1 is 1.40 bits per heavy atom. The summed E-state index contributed by atoms with van der Waals surface area (Å²) in [6.45, 7) is 5.63. The molecule has 1 aromatic rings. The van der Waals surface area contributed by atoms with Crippen LogP contribution in [0.15, 0.2) is 12.3 Å². The molecule has 1 aliphatic rings. The molecule has 6 heteroatoms. The van der Waals surface area contributed by atoms with Crippen LogP contribution in [0.3, 0.4) is 0 Å². The van der Waals surface area contributed by atoms with Gasteiger partial charge in [-0.15, -0.1) is 0 Å². The summed E-state index contributed by atoms with van der Waals surface area (Å²) in [4.78, 5) is 25.1. The SMILES string of the molecule is Cc1nccc(CC(CN)C(=O)N2CCN(C)CC2)n1. The third-order valence-electron chi connectivity index (χ3n) is 3.74. The number of carbonyl (C=O) groups excluding carboxylic acids is 1. The molecule has 1 atom stereocenters. The van der Waals surface area contributed by atoms with Crippen LogP contribution in [0.5, 0.6) is 0 Å². The quantitative estimate of drug-likeness (QED) is 0.816. The maximum Gasteiger partial charge on any atom is 0.227 e. The molecule has 0 aliphatic carbocycles. The van der Waals surface area contributed by atoms with Crippen molar-refractivity contribution in [3.05, 3.63) is 23.8 Å². The lowest BCUT2D eigenvalue weighted by atomic mass is 10.0. The van der Waals surface area contributed by atoms with Crippen LogP contribution in [0, 0.1) is 12.8 Å². The van der Waals surface area contributed by atoms with E-state index < -0.39 is 0 Å². The molecule has 1 aromatic heterocycles. The summed E-state index contributed by atoms with van der Waals surface area (Å²) in [6, 6.07) is 1.85. The van der Waals surface area contributed by atoms with E-state index in [1.165, 1.54) is 0 Å².